The predicted octanol–water partition coefficient (Wildman–Crippen LogP) is 2.23. The maximum absolute atomic E-state index is 12.8. The summed E-state index contributed by atoms with van der Waals surface area (Å²) in [5.41, 5.74) is 2.13. The molecule has 4 amide bonds. The first-order chi connectivity index (χ1) is 15.5. The number of amides is 4. The van der Waals surface area contributed by atoms with Gasteiger partial charge in [0.2, 0.25) is 23.6 Å². The van der Waals surface area contributed by atoms with Gasteiger partial charge >= 0.3 is 0 Å². The number of rotatable bonds is 7. The van der Waals surface area contributed by atoms with Gasteiger partial charge in [-0.25, -0.2) is 0 Å². The molecule has 0 radical (unpaired) electrons. The summed E-state index contributed by atoms with van der Waals surface area (Å²) in [6.07, 6.45) is 1.34. The summed E-state index contributed by atoms with van der Waals surface area (Å²) in [6, 6.07) is 16.3. The van der Waals surface area contributed by atoms with Gasteiger partial charge in [0, 0.05) is 32.4 Å². The van der Waals surface area contributed by atoms with Crippen LogP contribution in [0.25, 0.3) is 0 Å². The van der Waals surface area contributed by atoms with Gasteiger partial charge in [-0.15, -0.1) is 0 Å². The topological polar surface area (TPSA) is 98.8 Å². The van der Waals surface area contributed by atoms with Crippen molar-refractivity contribution < 1.29 is 19.2 Å². The van der Waals surface area contributed by atoms with Gasteiger partial charge in [-0.2, -0.15) is 0 Å². The highest BCUT2D eigenvalue weighted by Gasteiger charge is 2.28. The van der Waals surface area contributed by atoms with Crippen molar-refractivity contribution in [2.24, 2.45) is 0 Å². The van der Waals surface area contributed by atoms with E-state index in [0.717, 1.165) is 12.0 Å². The lowest BCUT2D eigenvalue weighted by Gasteiger charge is -2.29. The van der Waals surface area contributed by atoms with E-state index in [0.29, 0.717) is 30.9 Å². The van der Waals surface area contributed by atoms with Crippen LogP contribution in [0.4, 0.5) is 11.4 Å². The molecule has 2 N–H and O–H groups in total. The summed E-state index contributed by atoms with van der Waals surface area (Å²) < 4.78 is 0. The molecule has 32 heavy (non-hydrogen) atoms. The number of fused-ring (bicyclic) bond motifs is 1. The molecule has 2 aromatic rings. The quantitative estimate of drug-likeness (QED) is 0.698. The van der Waals surface area contributed by atoms with E-state index in [2.05, 4.69) is 10.6 Å². The van der Waals surface area contributed by atoms with E-state index in [-0.39, 0.29) is 49.1 Å². The van der Waals surface area contributed by atoms with Gasteiger partial charge in [0.25, 0.3) is 0 Å². The second-order valence-corrected chi connectivity index (χ2v) is 8.02. The minimum atomic E-state index is -0.345. The van der Waals surface area contributed by atoms with Crippen molar-refractivity contribution in [3.05, 3.63) is 60.2 Å². The van der Waals surface area contributed by atoms with E-state index in [4.69, 9.17) is 0 Å². The molecule has 4 rings (SSSR count). The monoisotopic (exact) mass is 434 g/mol. The molecule has 2 aliphatic heterocycles. The molecule has 2 heterocycles. The fourth-order valence-electron chi connectivity index (χ4n) is 4.11. The number of carbonyl (C=O) groups is 4. The van der Waals surface area contributed by atoms with Gasteiger partial charge in [0.05, 0.1) is 17.4 Å². The Bertz CT molecular complexity index is 1020. The average Bonchev–Trinajstić information content (AvgIpc) is 3.21. The Morgan fingerprint density at radius 1 is 1.00 bits per heavy atom. The van der Waals surface area contributed by atoms with E-state index < -0.39 is 0 Å². The molecule has 0 aliphatic carbocycles. The van der Waals surface area contributed by atoms with E-state index in [1.165, 1.54) is 4.90 Å². The average molecular weight is 434 g/mol. The Morgan fingerprint density at radius 2 is 1.75 bits per heavy atom. The Balaban J connectivity index is 1.38. The standard InChI is InChI=1S/C24H26N4O4/c29-21(12-13-24(32)28-16-22(30)25-18-9-4-5-10-20(18)28)26-19(17-7-2-1-3-8-17)15-27-14-6-11-23(27)31/h1-5,7-10,19H,6,11-16H2,(H,25,30)(H,26,29). The highest BCUT2D eigenvalue weighted by molar-refractivity contribution is 6.10. The van der Waals surface area contributed by atoms with E-state index >= 15 is 0 Å². The summed E-state index contributed by atoms with van der Waals surface area (Å²) in [5, 5.41) is 5.73. The predicted molar refractivity (Wildman–Crippen MR) is 120 cm³/mol. The zero-order valence-electron chi connectivity index (χ0n) is 17.8. The Kier molecular flexibility index (Phi) is 6.49. The number of hydrogen-bond acceptors (Lipinski definition) is 4. The van der Waals surface area contributed by atoms with Crippen LogP contribution in [0, 0.1) is 0 Å². The van der Waals surface area contributed by atoms with E-state index in [9.17, 15) is 19.2 Å². The highest BCUT2D eigenvalue weighted by Crippen LogP contribution is 2.29. The number of para-hydroxylation sites is 2. The molecule has 0 bridgehead atoms. The van der Waals surface area contributed by atoms with Crippen molar-refractivity contribution in [3.8, 4) is 0 Å². The second-order valence-electron chi connectivity index (χ2n) is 8.02. The number of benzene rings is 2. The van der Waals surface area contributed by atoms with Gasteiger partial charge in [-0.1, -0.05) is 42.5 Å². The van der Waals surface area contributed by atoms with Crippen LogP contribution in [0.1, 0.15) is 37.3 Å². The van der Waals surface area contributed by atoms with Crippen LogP contribution >= 0.6 is 0 Å². The Labute approximate surface area is 186 Å². The smallest absolute Gasteiger partial charge is 0.244 e. The van der Waals surface area contributed by atoms with E-state index in [1.807, 2.05) is 30.3 Å². The molecule has 1 atom stereocenters. The molecule has 1 saturated heterocycles. The van der Waals surface area contributed by atoms with Crippen LogP contribution in [0.3, 0.4) is 0 Å². The molecule has 0 saturated carbocycles. The Morgan fingerprint density at radius 3 is 2.50 bits per heavy atom. The zero-order chi connectivity index (χ0) is 22.5. The van der Waals surface area contributed by atoms with Crippen molar-refractivity contribution in [2.45, 2.75) is 31.7 Å². The Hall–Kier alpha value is -3.68. The van der Waals surface area contributed by atoms with Crippen LogP contribution in [0.15, 0.2) is 54.6 Å². The first-order valence-corrected chi connectivity index (χ1v) is 10.8. The summed E-state index contributed by atoms with van der Waals surface area (Å²) in [5.74, 6) is -0.722. The first-order valence-electron chi connectivity index (χ1n) is 10.8. The molecule has 2 aromatic carbocycles. The molecule has 0 spiro atoms. The molecule has 166 valence electrons. The van der Waals surface area contributed by atoms with Crippen molar-refractivity contribution in [2.75, 3.05) is 29.9 Å². The molecule has 8 nitrogen and oxygen atoms in total. The fourth-order valence-corrected chi connectivity index (χ4v) is 4.11. The summed E-state index contributed by atoms with van der Waals surface area (Å²) in [7, 11) is 0. The fraction of sp³-hybridized carbons (Fsp3) is 0.333. The lowest BCUT2D eigenvalue weighted by Crippen LogP contribution is -2.43. The molecule has 1 unspecified atom stereocenters. The number of nitrogens with one attached hydrogen (secondary N) is 2. The molecular weight excluding hydrogens is 408 g/mol. The van der Waals surface area contributed by atoms with Gasteiger partial charge in [-0.3, -0.25) is 19.2 Å². The maximum atomic E-state index is 12.8. The van der Waals surface area contributed by atoms with Gasteiger partial charge in [0.15, 0.2) is 0 Å². The molecule has 1 fully saturated rings. The van der Waals surface area contributed by atoms with Crippen LogP contribution in [0.2, 0.25) is 0 Å². The van der Waals surface area contributed by atoms with Crippen LogP contribution < -0.4 is 15.5 Å². The SMILES string of the molecule is O=C1CN(C(=O)CCC(=O)NC(CN2CCCC2=O)c2ccccc2)c2ccccc2N1. The summed E-state index contributed by atoms with van der Waals surface area (Å²) in [4.78, 5) is 52.7. The number of hydrogen-bond donors (Lipinski definition) is 2. The van der Waals surface area contributed by atoms with Crippen LogP contribution in [-0.4, -0.2) is 48.2 Å². The van der Waals surface area contributed by atoms with Crippen LogP contribution in [-0.2, 0) is 19.2 Å². The minimum Gasteiger partial charge on any atom is -0.347 e. The van der Waals surface area contributed by atoms with Crippen molar-refractivity contribution >= 4 is 35.0 Å². The van der Waals surface area contributed by atoms with Gasteiger partial charge in [0.1, 0.15) is 6.54 Å². The summed E-state index contributed by atoms with van der Waals surface area (Å²) in [6.45, 7) is 1.02. The highest BCUT2D eigenvalue weighted by atomic mass is 16.2. The summed E-state index contributed by atoms with van der Waals surface area (Å²) >= 11 is 0. The third-order valence-corrected chi connectivity index (χ3v) is 5.75. The number of likely N-dealkylation sites (tertiary alicyclic amines) is 1. The third kappa shape index (κ3) is 4.96. The van der Waals surface area contributed by atoms with Crippen molar-refractivity contribution in [1.29, 1.82) is 0 Å². The van der Waals surface area contributed by atoms with Gasteiger partial charge < -0.3 is 20.4 Å². The molecule has 2 aliphatic rings. The first kappa shape index (κ1) is 21.5. The normalized spacial score (nSPS) is 16.4. The van der Waals surface area contributed by atoms with Crippen molar-refractivity contribution in [3.63, 3.8) is 0 Å². The largest absolute Gasteiger partial charge is 0.347 e. The molecule has 8 heteroatoms. The zero-order valence-corrected chi connectivity index (χ0v) is 17.8. The third-order valence-electron chi connectivity index (χ3n) is 5.75. The maximum Gasteiger partial charge on any atom is 0.244 e. The molecule has 0 aromatic heterocycles. The second kappa shape index (κ2) is 9.64. The molecular formula is C24H26N4O4. The van der Waals surface area contributed by atoms with Gasteiger partial charge in [-0.05, 0) is 24.1 Å². The minimum absolute atomic E-state index is 0.00357. The lowest BCUT2D eigenvalue weighted by atomic mass is 10.1. The van der Waals surface area contributed by atoms with Crippen LogP contribution in [0.5, 0.6) is 0 Å². The lowest BCUT2D eigenvalue weighted by molar-refractivity contribution is -0.129. The number of nitrogens with zero attached hydrogens (tertiary/aromatic N) is 2. The number of anilines is 2. The van der Waals surface area contributed by atoms with Crippen molar-refractivity contribution in [1.82, 2.24) is 10.2 Å². The number of carbonyl (C=O) groups excluding carboxylic acids is 4. The van der Waals surface area contributed by atoms with E-state index in [1.54, 1.807) is 29.2 Å².